The van der Waals surface area contributed by atoms with Crippen LogP contribution in [0.1, 0.15) is 45.0 Å². The molecule has 0 aliphatic rings. The van der Waals surface area contributed by atoms with Gasteiger partial charge >= 0.3 is 0 Å². The Morgan fingerprint density at radius 2 is 2.12 bits per heavy atom. The molecule has 1 N–H and O–H groups in total. The van der Waals surface area contributed by atoms with Gasteiger partial charge < -0.3 is 9.84 Å². The van der Waals surface area contributed by atoms with E-state index < -0.39 is 6.10 Å². The minimum Gasteiger partial charge on any atom is -0.387 e. The quantitative estimate of drug-likeness (QED) is 0.907. The summed E-state index contributed by atoms with van der Waals surface area (Å²) < 4.78 is 7.83. The molecule has 0 bridgehead atoms. The number of methoxy groups -OCH3 is 1. The van der Waals surface area contributed by atoms with Crippen LogP contribution in [-0.4, -0.2) is 28.1 Å². The minimum absolute atomic E-state index is 0.0254. The number of hydrogen-bond acceptors (Lipinski definition) is 3. The molecule has 5 heteroatoms. The van der Waals surface area contributed by atoms with Crippen LogP contribution in [0.15, 0.2) is 10.7 Å². The third kappa shape index (κ3) is 3.06. The first kappa shape index (κ1) is 13.7. The van der Waals surface area contributed by atoms with Gasteiger partial charge in [0.05, 0.1) is 28.6 Å². The van der Waals surface area contributed by atoms with Crippen LogP contribution in [0.5, 0.6) is 0 Å². The average molecular weight is 291 g/mol. The van der Waals surface area contributed by atoms with Gasteiger partial charge in [0.15, 0.2) is 0 Å². The number of nitrogens with zero attached hydrogens (tertiary/aromatic N) is 2. The van der Waals surface area contributed by atoms with Gasteiger partial charge in [-0.1, -0.05) is 0 Å². The Morgan fingerprint density at radius 3 is 2.62 bits per heavy atom. The second-order valence-electron chi connectivity index (χ2n) is 4.21. The lowest BCUT2D eigenvalue weighted by molar-refractivity contribution is 0.0515. The zero-order chi connectivity index (χ0) is 12.3. The van der Waals surface area contributed by atoms with Crippen LogP contribution in [0.3, 0.4) is 0 Å². The van der Waals surface area contributed by atoms with Crippen molar-refractivity contribution in [3.8, 4) is 0 Å². The van der Waals surface area contributed by atoms with Gasteiger partial charge in [0.2, 0.25) is 0 Å². The SMILES string of the molecule is COC(C)CC(O)c1c(Br)cnn1C(C)C. The number of ether oxygens (including phenoxy) is 1. The average Bonchev–Trinajstić information content (AvgIpc) is 2.59. The molecule has 92 valence electrons. The second-order valence-corrected chi connectivity index (χ2v) is 5.07. The molecule has 0 aromatic carbocycles. The second kappa shape index (κ2) is 5.80. The highest BCUT2D eigenvalue weighted by molar-refractivity contribution is 9.10. The normalized spacial score (nSPS) is 15.4. The first-order chi connectivity index (χ1) is 7.47. The molecular weight excluding hydrogens is 272 g/mol. The van der Waals surface area contributed by atoms with E-state index in [2.05, 4.69) is 21.0 Å². The predicted molar refractivity (Wildman–Crippen MR) is 66.4 cm³/mol. The third-order valence-corrected chi connectivity index (χ3v) is 3.16. The molecule has 0 fully saturated rings. The molecule has 1 aromatic heterocycles. The minimum atomic E-state index is -0.561. The fourth-order valence-electron chi connectivity index (χ4n) is 1.60. The van der Waals surface area contributed by atoms with Crippen LogP contribution in [0.2, 0.25) is 0 Å². The maximum absolute atomic E-state index is 10.2. The largest absolute Gasteiger partial charge is 0.387 e. The van der Waals surface area contributed by atoms with Crippen LogP contribution in [0.25, 0.3) is 0 Å². The molecule has 1 heterocycles. The summed E-state index contributed by atoms with van der Waals surface area (Å²) in [6, 6.07) is 0.230. The summed E-state index contributed by atoms with van der Waals surface area (Å²) >= 11 is 3.41. The number of halogens is 1. The Kier molecular flexibility index (Phi) is 4.95. The van der Waals surface area contributed by atoms with E-state index in [1.54, 1.807) is 13.3 Å². The molecule has 1 aromatic rings. The predicted octanol–water partition coefficient (Wildman–Crippen LogP) is 2.68. The van der Waals surface area contributed by atoms with Gasteiger partial charge in [-0.3, -0.25) is 4.68 Å². The molecule has 0 amide bonds. The third-order valence-electron chi connectivity index (χ3n) is 2.55. The van der Waals surface area contributed by atoms with Gasteiger partial charge in [-0.25, -0.2) is 0 Å². The number of aliphatic hydroxyl groups excluding tert-OH is 1. The summed E-state index contributed by atoms with van der Waals surface area (Å²) in [5.74, 6) is 0. The van der Waals surface area contributed by atoms with Crippen molar-refractivity contribution in [2.75, 3.05) is 7.11 Å². The monoisotopic (exact) mass is 290 g/mol. The summed E-state index contributed by atoms with van der Waals surface area (Å²) in [5.41, 5.74) is 0.818. The Labute approximate surface area is 105 Å². The Bertz CT molecular complexity index is 339. The molecule has 2 atom stereocenters. The Morgan fingerprint density at radius 1 is 1.50 bits per heavy atom. The topological polar surface area (TPSA) is 47.3 Å². The van der Waals surface area contributed by atoms with Crippen LogP contribution in [-0.2, 0) is 4.74 Å². The highest BCUT2D eigenvalue weighted by Crippen LogP contribution is 2.28. The molecular formula is C11H19BrN2O2. The van der Waals surface area contributed by atoms with E-state index in [0.717, 1.165) is 10.2 Å². The molecule has 16 heavy (non-hydrogen) atoms. The Balaban J connectivity index is 2.89. The van der Waals surface area contributed by atoms with Crippen molar-refractivity contribution < 1.29 is 9.84 Å². The van der Waals surface area contributed by atoms with Crippen molar-refractivity contribution in [1.82, 2.24) is 9.78 Å². The van der Waals surface area contributed by atoms with Gasteiger partial charge in [0.25, 0.3) is 0 Å². The molecule has 2 unspecified atom stereocenters. The zero-order valence-corrected chi connectivity index (χ0v) is 11.7. The van der Waals surface area contributed by atoms with E-state index in [-0.39, 0.29) is 12.1 Å². The molecule has 1 rings (SSSR count). The van der Waals surface area contributed by atoms with E-state index >= 15 is 0 Å². The fourth-order valence-corrected chi connectivity index (χ4v) is 2.13. The lowest BCUT2D eigenvalue weighted by Crippen LogP contribution is -2.16. The smallest absolute Gasteiger partial charge is 0.0992 e. The number of aromatic nitrogens is 2. The zero-order valence-electron chi connectivity index (χ0n) is 10.1. The molecule has 4 nitrogen and oxygen atoms in total. The van der Waals surface area contributed by atoms with Crippen LogP contribution < -0.4 is 0 Å². The first-order valence-electron chi connectivity index (χ1n) is 5.41. The van der Waals surface area contributed by atoms with E-state index in [4.69, 9.17) is 4.74 Å². The molecule has 0 spiro atoms. The summed E-state index contributed by atoms with van der Waals surface area (Å²) in [6.45, 7) is 6.01. The molecule has 0 saturated heterocycles. The van der Waals surface area contributed by atoms with E-state index in [9.17, 15) is 5.11 Å². The molecule has 0 aliphatic heterocycles. The lowest BCUT2D eigenvalue weighted by atomic mass is 10.1. The van der Waals surface area contributed by atoms with E-state index in [1.165, 1.54) is 0 Å². The molecule has 0 saturated carbocycles. The van der Waals surface area contributed by atoms with Crippen LogP contribution in [0.4, 0.5) is 0 Å². The van der Waals surface area contributed by atoms with Crippen molar-refractivity contribution in [2.45, 2.75) is 45.4 Å². The van der Waals surface area contributed by atoms with Gasteiger partial charge in [-0.15, -0.1) is 0 Å². The summed E-state index contributed by atoms with van der Waals surface area (Å²) in [7, 11) is 1.65. The maximum atomic E-state index is 10.2. The fraction of sp³-hybridized carbons (Fsp3) is 0.727. The van der Waals surface area contributed by atoms with Crippen LogP contribution >= 0.6 is 15.9 Å². The van der Waals surface area contributed by atoms with Crippen molar-refractivity contribution in [2.24, 2.45) is 0 Å². The van der Waals surface area contributed by atoms with Crippen molar-refractivity contribution in [3.63, 3.8) is 0 Å². The van der Waals surface area contributed by atoms with Crippen molar-refractivity contribution in [1.29, 1.82) is 0 Å². The summed E-state index contributed by atoms with van der Waals surface area (Å²) in [4.78, 5) is 0. The van der Waals surface area contributed by atoms with Gasteiger partial charge in [0, 0.05) is 19.6 Å². The van der Waals surface area contributed by atoms with E-state index in [1.807, 2.05) is 25.5 Å². The summed E-state index contributed by atoms with van der Waals surface area (Å²) in [6.07, 6.45) is 1.75. The standard InChI is InChI=1S/C11H19BrN2O2/c1-7(2)14-11(9(12)6-13-14)10(15)5-8(3)16-4/h6-8,10,15H,5H2,1-4H3. The summed E-state index contributed by atoms with van der Waals surface area (Å²) in [5, 5.41) is 14.4. The number of aliphatic hydroxyl groups is 1. The molecule has 0 aliphatic carbocycles. The highest BCUT2D eigenvalue weighted by atomic mass is 79.9. The van der Waals surface area contributed by atoms with Crippen molar-refractivity contribution >= 4 is 15.9 Å². The van der Waals surface area contributed by atoms with Crippen molar-refractivity contribution in [3.05, 3.63) is 16.4 Å². The maximum Gasteiger partial charge on any atom is 0.0992 e. The molecule has 0 radical (unpaired) electrons. The van der Waals surface area contributed by atoms with Gasteiger partial charge in [-0.2, -0.15) is 5.10 Å². The highest BCUT2D eigenvalue weighted by Gasteiger charge is 2.21. The first-order valence-corrected chi connectivity index (χ1v) is 6.20. The Hall–Kier alpha value is -0.390. The lowest BCUT2D eigenvalue weighted by Gasteiger charge is -2.19. The van der Waals surface area contributed by atoms with Gasteiger partial charge in [0.1, 0.15) is 0 Å². The van der Waals surface area contributed by atoms with Gasteiger partial charge in [-0.05, 0) is 36.7 Å². The number of rotatable bonds is 5. The number of hydrogen-bond donors (Lipinski definition) is 1. The van der Waals surface area contributed by atoms with Crippen LogP contribution in [0, 0.1) is 0 Å². The van der Waals surface area contributed by atoms with E-state index in [0.29, 0.717) is 6.42 Å².